The monoisotopic (exact) mass is 329 g/mol. The van der Waals surface area contributed by atoms with E-state index in [1.807, 2.05) is 0 Å². The van der Waals surface area contributed by atoms with Crippen LogP contribution in [0.5, 0.6) is 0 Å². The number of likely N-dealkylation sites (tertiary alicyclic amines) is 1. The van der Waals surface area contributed by atoms with E-state index in [0.717, 1.165) is 52.5 Å². The van der Waals surface area contributed by atoms with Gasteiger partial charge in [-0.3, -0.25) is 0 Å². The van der Waals surface area contributed by atoms with Crippen LogP contribution >= 0.6 is 0 Å². The maximum atomic E-state index is 6.32. The molecule has 0 spiro atoms. The predicted molar refractivity (Wildman–Crippen MR) is 90.8 cm³/mol. The van der Waals surface area contributed by atoms with E-state index in [1.165, 1.54) is 0 Å². The van der Waals surface area contributed by atoms with Gasteiger partial charge in [0, 0.05) is 38.1 Å². The fraction of sp³-hybridized carbons (Fsp3) is 1.00. The molecule has 2 unspecified atom stereocenters. The molecule has 136 valence electrons. The Bertz CT molecular complexity index is 317. The molecular weight excluding hydrogens is 294 g/mol. The van der Waals surface area contributed by atoms with Crippen molar-refractivity contribution in [2.75, 3.05) is 59.3 Å². The van der Waals surface area contributed by atoms with Gasteiger partial charge in [0.05, 0.1) is 44.7 Å². The zero-order valence-corrected chi connectivity index (χ0v) is 15.4. The molecule has 2 heterocycles. The van der Waals surface area contributed by atoms with Gasteiger partial charge >= 0.3 is 0 Å². The molecule has 0 saturated carbocycles. The largest absolute Gasteiger partial charge is 0.381 e. The highest BCUT2D eigenvalue weighted by molar-refractivity contribution is 4.91. The fourth-order valence-electron chi connectivity index (χ4n) is 3.44. The summed E-state index contributed by atoms with van der Waals surface area (Å²) in [6.07, 6.45) is 1.40. The number of hydrogen-bond donors (Lipinski definition) is 0. The van der Waals surface area contributed by atoms with Crippen LogP contribution in [0.1, 0.15) is 34.1 Å². The number of rotatable bonds is 9. The predicted octanol–water partition coefficient (Wildman–Crippen LogP) is 2.19. The molecule has 2 fully saturated rings. The summed E-state index contributed by atoms with van der Waals surface area (Å²) in [5, 5.41) is 0. The van der Waals surface area contributed by atoms with Crippen LogP contribution in [0.4, 0.5) is 0 Å². The van der Waals surface area contributed by atoms with Gasteiger partial charge in [0.2, 0.25) is 0 Å². The third-order valence-electron chi connectivity index (χ3n) is 4.34. The van der Waals surface area contributed by atoms with E-state index in [2.05, 4.69) is 32.6 Å². The molecule has 0 radical (unpaired) electrons. The topological polar surface area (TPSA) is 40.2 Å². The molecule has 2 bridgehead atoms. The zero-order chi connectivity index (χ0) is 16.7. The molecule has 2 saturated heterocycles. The van der Waals surface area contributed by atoms with Gasteiger partial charge in [-0.15, -0.1) is 0 Å². The number of piperidine rings is 1. The minimum atomic E-state index is -0.0811. The second-order valence-electron chi connectivity index (χ2n) is 7.74. The Morgan fingerprint density at radius 3 is 2.13 bits per heavy atom. The molecule has 2 aliphatic rings. The minimum absolute atomic E-state index is 0.0811. The molecule has 2 rings (SSSR count). The van der Waals surface area contributed by atoms with Gasteiger partial charge in [0.1, 0.15) is 0 Å². The van der Waals surface area contributed by atoms with Crippen LogP contribution in [-0.2, 0) is 18.9 Å². The van der Waals surface area contributed by atoms with E-state index >= 15 is 0 Å². The molecule has 2 atom stereocenters. The Morgan fingerprint density at radius 1 is 0.957 bits per heavy atom. The van der Waals surface area contributed by atoms with Crippen molar-refractivity contribution in [1.82, 2.24) is 4.90 Å². The molecule has 0 amide bonds. The Labute approximate surface area is 141 Å². The summed E-state index contributed by atoms with van der Waals surface area (Å²) in [7, 11) is 0. The van der Waals surface area contributed by atoms with Crippen LogP contribution in [0.15, 0.2) is 0 Å². The van der Waals surface area contributed by atoms with Gasteiger partial charge in [-0.1, -0.05) is 6.92 Å². The first-order chi connectivity index (χ1) is 11.0. The van der Waals surface area contributed by atoms with E-state index in [-0.39, 0.29) is 5.60 Å². The van der Waals surface area contributed by atoms with Crippen LogP contribution in [0.3, 0.4) is 0 Å². The molecular formula is C18H35NO4. The summed E-state index contributed by atoms with van der Waals surface area (Å²) in [5.41, 5.74) is -0.0811. The second kappa shape index (κ2) is 9.33. The quantitative estimate of drug-likeness (QED) is 0.607. The molecule has 5 nitrogen and oxygen atoms in total. The Kier molecular flexibility index (Phi) is 7.76. The maximum Gasteiger partial charge on any atom is 0.0707 e. The number of hydrogen-bond acceptors (Lipinski definition) is 5. The maximum absolute atomic E-state index is 6.32. The Hall–Kier alpha value is -0.200. The van der Waals surface area contributed by atoms with Crippen LogP contribution in [0.2, 0.25) is 0 Å². The van der Waals surface area contributed by atoms with Gasteiger partial charge < -0.3 is 23.8 Å². The van der Waals surface area contributed by atoms with E-state index in [9.17, 15) is 0 Å². The normalized spacial score (nSPS) is 29.0. The number of ether oxygens (including phenoxy) is 4. The third kappa shape index (κ3) is 6.67. The van der Waals surface area contributed by atoms with Crippen molar-refractivity contribution in [3.63, 3.8) is 0 Å². The van der Waals surface area contributed by atoms with Crippen molar-refractivity contribution in [2.45, 2.75) is 45.8 Å². The van der Waals surface area contributed by atoms with Crippen molar-refractivity contribution in [2.24, 2.45) is 11.8 Å². The lowest BCUT2D eigenvalue weighted by molar-refractivity contribution is -0.188. The fourth-order valence-corrected chi connectivity index (χ4v) is 3.44. The number of nitrogens with zero attached hydrogens (tertiary/aromatic N) is 1. The SMILES string of the molecule is CCCOCCOCCN1CC2COCC(C1)C2OC(C)(C)C. The summed E-state index contributed by atoms with van der Waals surface area (Å²) in [5.74, 6) is 0.962. The number of fused-ring (bicyclic) bond motifs is 2. The molecule has 5 heteroatoms. The highest BCUT2D eigenvalue weighted by Gasteiger charge is 2.42. The van der Waals surface area contributed by atoms with Crippen molar-refractivity contribution >= 4 is 0 Å². The van der Waals surface area contributed by atoms with E-state index in [0.29, 0.717) is 31.2 Å². The Balaban J connectivity index is 1.67. The minimum Gasteiger partial charge on any atom is -0.381 e. The molecule has 23 heavy (non-hydrogen) atoms. The summed E-state index contributed by atoms with van der Waals surface area (Å²) >= 11 is 0. The molecule has 0 aromatic heterocycles. The molecule has 0 aromatic rings. The Morgan fingerprint density at radius 2 is 1.57 bits per heavy atom. The second-order valence-corrected chi connectivity index (χ2v) is 7.74. The van der Waals surface area contributed by atoms with Gasteiger partial charge in [0.25, 0.3) is 0 Å². The highest BCUT2D eigenvalue weighted by Crippen LogP contribution is 2.32. The van der Waals surface area contributed by atoms with Crippen LogP contribution in [-0.4, -0.2) is 75.9 Å². The van der Waals surface area contributed by atoms with Gasteiger partial charge in [-0.25, -0.2) is 0 Å². The first-order valence-corrected chi connectivity index (χ1v) is 9.13. The smallest absolute Gasteiger partial charge is 0.0707 e. The first kappa shape index (κ1) is 19.1. The van der Waals surface area contributed by atoms with E-state index in [4.69, 9.17) is 18.9 Å². The van der Waals surface area contributed by atoms with Crippen LogP contribution < -0.4 is 0 Å². The standard InChI is InChI=1S/C18H35NO4/c1-5-7-20-9-10-21-8-6-19-11-15-13-22-14-16(12-19)17(15)23-18(2,3)4/h15-17H,5-14H2,1-4H3. The summed E-state index contributed by atoms with van der Waals surface area (Å²) in [6.45, 7) is 16.3. The van der Waals surface area contributed by atoms with Gasteiger partial charge in [0.15, 0.2) is 0 Å². The van der Waals surface area contributed by atoms with Crippen molar-refractivity contribution in [1.29, 1.82) is 0 Å². The average Bonchev–Trinajstić information content (AvgIpc) is 2.45. The molecule has 2 aliphatic heterocycles. The van der Waals surface area contributed by atoms with Crippen LogP contribution in [0.25, 0.3) is 0 Å². The van der Waals surface area contributed by atoms with Crippen molar-refractivity contribution in [3.8, 4) is 0 Å². The molecule has 0 N–H and O–H groups in total. The van der Waals surface area contributed by atoms with Crippen molar-refractivity contribution < 1.29 is 18.9 Å². The summed E-state index contributed by atoms with van der Waals surface area (Å²) in [4.78, 5) is 2.51. The molecule has 0 aliphatic carbocycles. The average molecular weight is 329 g/mol. The highest BCUT2D eigenvalue weighted by atomic mass is 16.5. The zero-order valence-electron chi connectivity index (χ0n) is 15.4. The summed E-state index contributed by atoms with van der Waals surface area (Å²) in [6, 6.07) is 0. The molecule has 0 aromatic carbocycles. The van der Waals surface area contributed by atoms with E-state index in [1.54, 1.807) is 0 Å². The lowest BCUT2D eigenvalue weighted by Gasteiger charge is -2.48. The van der Waals surface area contributed by atoms with E-state index < -0.39 is 0 Å². The lowest BCUT2D eigenvalue weighted by Crippen LogP contribution is -2.58. The van der Waals surface area contributed by atoms with Gasteiger partial charge in [-0.05, 0) is 27.2 Å². The first-order valence-electron chi connectivity index (χ1n) is 9.13. The lowest BCUT2D eigenvalue weighted by atomic mass is 9.84. The summed E-state index contributed by atoms with van der Waals surface area (Å²) < 4.78 is 23.2. The van der Waals surface area contributed by atoms with Gasteiger partial charge in [-0.2, -0.15) is 0 Å². The third-order valence-corrected chi connectivity index (χ3v) is 4.34. The van der Waals surface area contributed by atoms with Crippen LogP contribution in [0, 0.1) is 11.8 Å². The van der Waals surface area contributed by atoms with Crippen molar-refractivity contribution in [3.05, 3.63) is 0 Å².